The van der Waals surface area contributed by atoms with Crippen LogP contribution in [-0.2, 0) is 10.1 Å². The fraction of sp³-hybridized carbons (Fsp3) is 0. The maximum atomic E-state index is 11.7. The van der Waals surface area contributed by atoms with Crippen molar-refractivity contribution in [2.24, 2.45) is 0 Å². The number of rotatable bonds is 5. The quantitative estimate of drug-likeness (QED) is 0.445. The highest BCUT2D eigenvalue weighted by molar-refractivity contribution is 7.86. The highest BCUT2D eigenvalue weighted by Gasteiger charge is 2.27. The molecule has 8 heteroatoms. The van der Waals surface area contributed by atoms with Crippen LogP contribution in [0.4, 0.5) is 0 Å². The predicted molar refractivity (Wildman–Crippen MR) is 104 cm³/mol. The number of phenols is 1. The van der Waals surface area contributed by atoms with Crippen molar-refractivity contribution in [3.63, 3.8) is 0 Å². The molecule has 0 aromatic heterocycles. The van der Waals surface area contributed by atoms with E-state index in [9.17, 15) is 28.0 Å². The van der Waals surface area contributed by atoms with E-state index >= 15 is 0 Å². The summed E-state index contributed by atoms with van der Waals surface area (Å²) in [5.41, 5.74) is -0.584. The summed E-state index contributed by atoms with van der Waals surface area (Å²) >= 11 is 0. The number of carbonyl (C=O) groups is 1. The molecule has 0 aliphatic carbocycles. The molecule has 0 saturated carbocycles. The Bertz CT molecular complexity index is 1040. The second-order valence-electron chi connectivity index (χ2n) is 5.63. The molecule has 0 fully saturated rings. The van der Waals surface area contributed by atoms with Gasteiger partial charge in [0.15, 0.2) is 0 Å². The Morgan fingerprint density at radius 3 is 1.74 bits per heavy atom. The lowest BCUT2D eigenvalue weighted by Crippen LogP contribution is -2.23. The van der Waals surface area contributed by atoms with Gasteiger partial charge in [-0.2, -0.15) is 8.42 Å². The van der Waals surface area contributed by atoms with Gasteiger partial charge in [0.05, 0.1) is 4.90 Å². The van der Waals surface area contributed by atoms with Crippen LogP contribution in [0.3, 0.4) is 0 Å². The minimum atomic E-state index is -4.66. The number of aromatic hydroxyl groups is 1. The zero-order valence-corrected chi connectivity index (χ0v) is 15.6. The molecule has 27 heavy (non-hydrogen) atoms. The Morgan fingerprint density at radius 1 is 0.852 bits per heavy atom. The molecule has 0 amide bonds. The molecule has 0 atom stereocenters. The Hall–Kier alpha value is -2.73. The van der Waals surface area contributed by atoms with Crippen LogP contribution < -0.4 is 15.9 Å². The molecule has 3 aromatic rings. The second-order valence-corrected chi connectivity index (χ2v) is 9.23. The molecular formula is C19H15O6PS. The monoisotopic (exact) mass is 402 g/mol. The molecular weight excluding hydrogens is 387 g/mol. The average Bonchev–Trinajstić information content (AvgIpc) is 2.64. The second kappa shape index (κ2) is 7.48. The van der Waals surface area contributed by atoms with Crippen LogP contribution in [0.25, 0.3) is 0 Å². The molecule has 0 aliphatic rings. The van der Waals surface area contributed by atoms with Crippen molar-refractivity contribution < 1.29 is 28.0 Å². The van der Waals surface area contributed by atoms with E-state index in [0.29, 0.717) is 0 Å². The number of hydrogen-bond donors (Lipinski definition) is 3. The summed E-state index contributed by atoms with van der Waals surface area (Å²) in [6.45, 7) is 0. The SMILES string of the molecule is O=C(O)c1cc(S(=O)(=O)O)cc(P(c2ccccc2)c2ccccc2)c1O. The lowest BCUT2D eigenvalue weighted by molar-refractivity contribution is 0.0693. The molecule has 0 heterocycles. The van der Waals surface area contributed by atoms with Gasteiger partial charge in [0.25, 0.3) is 10.1 Å². The van der Waals surface area contributed by atoms with Gasteiger partial charge in [-0.05, 0) is 30.7 Å². The van der Waals surface area contributed by atoms with Gasteiger partial charge in [-0.25, -0.2) is 4.79 Å². The smallest absolute Gasteiger partial charge is 0.339 e. The average molecular weight is 402 g/mol. The minimum absolute atomic E-state index is 0.134. The zero-order chi connectivity index (χ0) is 19.6. The van der Waals surface area contributed by atoms with E-state index in [0.717, 1.165) is 22.7 Å². The zero-order valence-electron chi connectivity index (χ0n) is 13.9. The molecule has 138 valence electrons. The van der Waals surface area contributed by atoms with Crippen molar-refractivity contribution in [2.45, 2.75) is 4.90 Å². The van der Waals surface area contributed by atoms with Gasteiger partial charge in [0.2, 0.25) is 0 Å². The number of carboxylic acid groups (broad SMARTS) is 1. The van der Waals surface area contributed by atoms with E-state index in [-0.39, 0.29) is 5.30 Å². The molecule has 0 aliphatic heterocycles. The fourth-order valence-corrected chi connectivity index (χ4v) is 5.67. The third-order valence-corrected chi connectivity index (χ3v) is 7.14. The minimum Gasteiger partial charge on any atom is -0.506 e. The molecule has 6 nitrogen and oxygen atoms in total. The number of hydrogen-bond acceptors (Lipinski definition) is 4. The molecule has 0 unspecified atom stereocenters. The number of carboxylic acids is 1. The van der Waals surface area contributed by atoms with Crippen LogP contribution in [0, 0.1) is 0 Å². The first-order valence-electron chi connectivity index (χ1n) is 7.77. The van der Waals surface area contributed by atoms with E-state index in [1.807, 2.05) is 36.4 Å². The van der Waals surface area contributed by atoms with Gasteiger partial charge in [-0.3, -0.25) is 4.55 Å². The Morgan fingerprint density at radius 2 is 1.33 bits per heavy atom. The van der Waals surface area contributed by atoms with Crippen molar-refractivity contribution in [2.75, 3.05) is 0 Å². The van der Waals surface area contributed by atoms with E-state index in [1.54, 1.807) is 24.3 Å². The summed E-state index contributed by atoms with van der Waals surface area (Å²) in [5, 5.41) is 21.7. The standard InChI is InChI=1S/C19H15O6PS/c20-18-16(19(21)22)11-15(27(23,24)25)12-17(18)26(13-7-3-1-4-8-13)14-9-5-2-6-10-14/h1-12,20H,(H,21,22)(H,23,24,25). The van der Waals surface area contributed by atoms with Crippen molar-refractivity contribution in [3.05, 3.63) is 78.4 Å². The molecule has 3 rings (SSSR count). The van der Waals surface area contributed by atoms with Crippen molar-refractivity contribution in [1.29, 1.82) is 0 Å². The largest absolute Gasteiger partial charge is 0.506 e. The third kappa shape index (κ3) is 4.01. The van der Waals surface area contributed by atoms with Gasteiger partial charge in [0.1, 0.15) is 11.3 Å². The highest BCUT2D eigenvalue weighted by atomic mass is 32.2. The Labute approximate surface area is 157 Å². The number of benzene rings is 3. The first-order valence-corrected chi connectivity index (χ1v) is 10.5. The van der Waals surface area contributed by atoms with Crippen molar-refractivity contribution >= 4 is 39.9 Å². The Balaban J connectivity index is 2.36. The highest BCUT2D eigenvalue weighted by Crippen LogP contribution is 2.38. The molecule has 3 N–H and O–H groups in total. The Kier molecular flexibility index (Phi) is 5.28. The summed E-state index contributed by atoms with van der Waals surface area (Å²) in [5.74, 6) is -2.01. The topological polar surface area (TPSA) is 112 Å². The van der Waals surface area contributed by atoms with Crippen LogP contribution >= 0.6 is 7.92 Å². The molecule has 0 spiro atoms. The summed E-state index contributed by atoms with van der Waals surface area (Å²) in [6.07, 6.45) is 0. The predicted octanol–water partition coefficient (Wildman–Crippen LogP) is 2.10. The summed E-state index contributed by atoms with van der Waals surface area (Å²) < 4.78 is 32.7. The van der Waals surface area contributed by atoms with E-state index in [2.05, 4.69) is 0 Å². The van der Waals surface area contributed by atoms with Crippen LogP contribution in [0.2, 0.25) is 0 Å². The van der Waals surface area contributed by atoms with E-state index < -0.39 is 40.2 Å². The normalized spacial score (nSPS) is 11.5. The summed E-state index contributed by atoms with van der Waals surface area (Å²) in [7, 11) is -6.12. The van der Waals surface area contributed by atoms with E-state index in [1.165, 1.54) is 0 Å². The van der Waals surface area contributed by atoms with Gasteiger partial charge in [0, 0.05) is 5.30 Å². The van der Waals surface area contributed by atoms with Crippen LogP contribution in [0.1, 0.15) is 10.4 Å². The van der Waals surface area contributed by atoms with Gasteiger partial charge in [-0.1, -0.05) is 60.7 Å². The van der Waals surface area contributed by atoms with Gasteiger partial charge < -0.3 is 10.2 Å². The summed E-state index contributed by atoms with van der Waals surface area (Å²) in [4.78, 5) is 10.9. The van der Waals surface area contributed by atoms with Crippen LogP contribution in [0.15, 0.2) is 77.7 Å². The third-order valence-electron chi connectivity index (χ3n) is 3.86. The van der Waals surface area contributed by atoms with Crippen LogP contribution in [0.5, 0.6) is 5.75 Å². The van der Waals surface area contributed by atoms with E-state index in [4.69, 9.17) is 0 Å². The molecule has 0 bridgehead atoms. The lowest BCUT2D eigenvalue weighted by Gasteiger charge is -2.21. The molecule has 0 radical (unpaired) electrons. The first kappa shape index (κ1) is 19.0. The maximum Gasteiger partial charge on any atom is 0.339 e. The van der Waals surface area contributed by atoms with Crippen molar-refractivity contribution in [1.82, 2.24) is 0 Å². The molecule has 0 saturated heterocycles. The van der Waals surface area contributed by atoms with Gasteiger partial charge >= 0.3 is 5.97 Å². The number of aromatic carboxylic acids is 1. The molecule has 3 aromatic carbocycles. The van der Waals surface area contributed by atoms with Gasteiger partial charge in [-0.15, -0.1) is 0 Å². The van der Waals surface area contributed by atoms with Crippen LogP contribution in [-0.4, -0.2) is 29.2 Å². The fourth-order valence-electron chi connectivity index (χ4n) is 2.66. The summed E-state index contributed by atoms with van der Waals surface area (Å²) in [6, 6.07) is 20.0. The van der Waals surface area contributed by atoms with Crippen molar-refractivity contribution in [3.8, 4) is 5.75 Å². The maximum absolute atomic E-state index is 11.7. The first-order chi connectivity index (χ1) is 12.8. The lowest BCUT2D eigenvalue weighted by atomic mass is 10.2.